The summed E-state index contributed by atoms with van der Waals surface area (Å²) in [5.74, 6) is -0.137. The van der Waals surface area contributed by atoms with Crippen LogP contribution in [-0.4, -0.2) is 7.05 Å². The molecule has 1 aromatic carbocycles. The first kappa shape index (κ1) is 12.7. The van der Waals surface area contributed by atoms with E-state index in [9.17, 15) is 4.39 Å². The van der Waals surface area contributed by atoms with Gasteiger partial charge in [0.25, 0.3) is 0 Å². The largest absolute Gasteiger partial charge is 0.313 e. The van der Waals surface area contributed by atoms with Crippen molar-refractivity contribution in [2.24, 2.45) is 0 Å². The van der Waals surface area contributed by atoms with Crippen LogP contribution in [0, 0.1) is 5.82 Å². The zero-order chi connectivity index (χ0) is 12.3. The van der Waals surface area contributed by atoms with Crippen LogP contribution < -0.4 is 5.32 Å². The summed E-state index contributed by atoms with van der Waals surface area (Å²) in [6.45, 7) is 0. The first-order valence-electron chi connectivity index (χ1n) is 5.35. The summed E-state index contributed by atoms with van der Waals surface area (Å²) < 4.78 is 14.7. The molecular formula is C13H13BrFNS. The highest BCUT2D eigenvalue weighted by molar-refractivity contribution is 9.11. The Hall–Kier alpha value is -0.710. The summed E-state index contributed by atoms with van der Waals surface area (Å²) in [5.41, 5.74) is 1.93. The molecule has 0 spiro atoms. The lowest BCUT2D eigenvalue weighted by atomic mass is 10.0. The number of hydrogen-bond acceptors (Lipinski definition) is 2. The summed E-state index contributed by atoms with van der Waals surface area (Å²) in [7, 11) is 1.90. The number of nitrogens with one attached hydrogen (secondary N) is 1. The lowest BCUT2D eigenvalue weighted by Gasteiger charge is -2.15. The molecule has 0 bridgehead atoms. The van der Waals surface area contributed by atoms with Gasteiger partial charge in [-0.15, -0.1) is 11.3 Å². The molecule has 0 aliphatic carbocycles. The fraction of sp³-hybridized carbons (Fsp3) is 0.231. The van der Waals surface area contributed by atoms with Gasteiger partial charge < -0.3 is 5.32 Å². The molecular weight excluding hydrogens is 301 g/mol. The van der Waals surface area contributed by atoms with Crippen LogP contribution in [-0.2, 0) is 6.42 Å². The molecule has 1 atom stereocenters. The molecule has 1 nitrogen and oxygen atoms in total. The van der Waals surface area contributed by atoms with Crippen LogP contribution in [0.5, 0.6) is 0 Å². The SMILES string of the molecule is CNC(Cc1ccccc1F)c1csc(Br)c1. The van der Waals surface area contributed by atoms with Crippen LogP contribution in [0.15, 0.2) is 39.5 Å². The molecule has 1 heterocycles. The van der Waals surface area contributed by atoms with Crippen molar-refractivity contribution >= 4 is 27.3 Å². The predicted molar refractivity (Wildman–Crippen MR) is 73.9 cm³/mol. The molecule has 1 N–H and O–H groups in total. The highest BCUT2D eigenvalue weighted by atomic mass is 79.9. The Bertz CT molecular complexity index is 498. The molecule has 0 aliphatic rings. The topological polar surface area (TPSA) is 12.0 Å². The standard InChI is InChI=1S/C13H13BrFNS/c1-16-12(10-7-13(14)17-8-10)6-9-4-2-3-5-11(9)15/h2-5,7-8,12,16H,6H2,1H3. The van der Waals surface area contributed by atoms with E-state index in [1.165, 1.54) is 11.6 Å². The van der Waals surface area contributed by atoms with E-state index in [1.807, 2.05) is 19.2 Å². The van der Waals surface area contributed by atoms with E-state index >= 15 is 0 Å². The molecule has 2 aromatic rings. The Kier molecular flexibility index (Phi) is 4.31. The Morgan fingerprint density at radius 3 is 2.76 bits per heavy atom. The average molecular weight is 314 g/mol. The van der Waals surface area contributed by atoms with Gasteiger partial charge in [-0.3, -0.25) is 0 Å². The maximum absolute atomic E-state index is 13.6. The molecule has 0 amide bonds. The maximum Gasteiger partial charge on any atom is 0.126 e. The van der Waals surface area contributed by atoms with Gasteiger partial charge in [0.05, 0.1) is 3.79 Å². The Morgan fingerprint density at radius 2 is 2.18 bits per heavy atom. The monoisotopic (exact) mass is 313 g/mol. The Labute approximate surface area is 113 Å². The molecule has 0 aliphatic heterocycles. The van der Waals surface area contributed by atoms with Crippen LogP contribution in [0.1, 0.15) is 17.2 Å². The summed E-state index contributed by atoms with van der Waals surface area (Å²) in [5, 5.41) is 5.32. The smallest absolute Gasteiger partial charge is 0.126 e. The molecule has 1 aromatic heterocycles. The predicted octanol–water partition coefficient (Wildman–Crippen LogP) is 4.15. The fourth-order valence-electron chi connectivity index (χ4n) is 1.78. The fourth-order valence-corrected chi connectivity index (χ4v) is 3.01. The zero-order valence-corrected chi connectivity index (χ0v) is 11.8. The number of thiophene rings is 1. The second kappa shape index (κ2) is 5.76. The Balaban J connectivity index is 2.18. The van der Waals surface area contributed by atoms with Crippen molar-refractivity contribution in [3.05, 3.63) is 56.4 Å². The second-order valence-electron chi connectivity index (χ2n) is 3.82. The average Bonchev–Trinajstić information content (AvgIpc) is 2.75. The highest BCUT2D eigenvalue weighted by Crippen LogP contribution is 2.27. The third-order valence-electron chi connectivity index (χ3n) is 2.72. The number of hydrogen-bond donors (Lipinski definition) is 1. The van der Waals surface area contributed by atoms with Crippen LogP contribution in [0.2, 0.25) is 0 Å². The highest BCUT2D eigenvalue weighted by Gasteiger charge is 2.13. The number of rotatable bonds is 4. The van der Waals surface area contributed by atoms with Gasteiger partial charge in [-0.2, -0.15) is 0 Å². The molecule has 1 unspecified atom stereocenters. The normalized spacial score (nSPS) is 12.6. The molecule has 0 saturated carbocycles. The van der Waals surface area contributed by atoms with Gasteiger partial charge in [-0.25, -0.2) is 4.39 Å². The minimum absolute atomic E-state index is 0.137. The van der Waals surface area contributed by atoms with Crippen molar-refractivity contribution < 1.29 is 4.39 Å². The lowest BCUT2D eigenvalue weighted by molar-refractivity contribution is 0.555. The summed E-state index contributed by atoms with van der Waals surface area (Å²) >= 11 is 5.09. The van der Waals surface area contributed by atoms with Gasteiger partial charge in [-0.05, 0) is 58.0 Å². The third kappa shape index (κ3) is 3.15. The van der Waals surface area contributed by atoms with Gasteiger partial charge in [0.1, 0.15) is 5.82 Å². The molecule has 2 rings (SSSR count). The van der Waals surface area contributed by atoms with E-state index in [4.69, 9.17) is 0 Å². The van der Waals surface area contributed by atoms with E-state index in [-0.39, 0.29) is 11.9 Å². The third-order valence-corrected chi connectivity index (χ3v) is 4.24. The zero-order valence-electron chi connectivity index (χ0n) is 9.41. The second-order valence-corrected chi connectivity index (χ2v) is 6.11. The number of benzene rings is 1. The van der Waals surface area contributed by atoms with Crippen molar-refractivity contribution in [3.8, 4) is 0 Å². The molecule has 4 heteroatoms. The van der Waals surface area contributed by atoms with E-state index < -0.39 is 0 Å². The van der Waals surface area contributed by atoms with Crippen molar-refractivity contribution in [1.29, 1.82) is 0 Å². The number of likely N-dealkylation sites (N-methyl/N-ethyl adjacent to an activating group) is 1. The van der Waals surface area contributed by atoms with E-state index in [0.29, 0.717) is 6.42 Å². The van der Waals surface area contributed by atoms with Gasteiger partial charge in [0.15, 0.2) is 0 Å². The summed E-state index contributed by atoms with van der Waals surface area (Å²) in [6, 6.07) is 9.15. The van der Waals surface area contributed by atoms with Crippen LogP contribution >= 0.6 is 27.3 Å². The number of halogens is 2. The van der Waals surface area contributed by atoms with Crippen molar-refractivity contribution in [1.82, 2.24) is 5.32 Å². The quantitative estimate of drug-likeness (QED) is 0.894. The Morgan fingerprint density at radius 1 is 1.41 bits per heavy atom. The minimum atomic E-state index is -0.137. The van der Waals surface area contributed by atoms with Crippen LogP contribution in [0.4, 0.5) is 4.39 Å². The van der Waals surface area contributed by atoms with Gasteiger partial charge in [0, 0.05) is 6.04 Å². The van der Waals surface area contributed by atoms with Crippen molar-refractivity contribution in [2.45, 2.75) is 12.5 Å². The van der Waals surface area contributed by atoms with Gasteiger partial charge >= 0.3 is 0 Å². The molecule has 0 fully saturated rings. The first-order valence-corrected chi connectivity index (χ1v) is 7.02. The molecule has 0 saturated heterocycles. The molecule has 90 valence electrons. The van der Waals surface area contributed by atoms with Crippen molar-refractivity contribution in [2.75, 3.05) is 7.05 Å². The van der Waals surface area contributed by atoms with E-state index in [0.717, 1.165) is 9.35 Å². The van der Waals surface area contributed by atoms with E-state index in [2.05, 4.69) is 32.7 Å². The molecule has 17 heavy (non-hydrogen) atoms. The lowest BCUT2D eigenvalue weighted by Crippen LogP contribution is -2.18. The maximum atomic E-state index is 13.6. The van der Waals surface area contributed by atoms with Gasteiger partial charge in [0.2, 0.25) is 0 Å². The van der Waals surface area contributed by atoms with Gasteiger partial charge in [-0.1, -0.05) is 18.2 Å². The summed E-state index contributed by atoms with van der Waals surface area (Å²) in [4.78, 5) is 0. The van der Waals surface area contributed by atoms with Crippen LogP contribution in [0.3, 0.4) is 0 Å². The van der Waals surface area contributed by atoms with Crippen molar-refractivity contribution in [3.63, 3.8) is 0 Å². The minimum Gasteiger partial charge on any atom is -0.313 e. The molecule has 0 radical (unpaired) electrons. The van der Waals surface area contributed by atoms with E-state index in [1.54, 1.807) is 17.4 Å². The van der Waals surface area contributed by atoms with Crippen LogP contribution in [0.25, 0.3) is 0 Å². The first-order chi connectivity index (χ1) is 8.20. The summed E-state index contributed by atoms with van der Waals surface area (Å²) in [6.07, 6.45) is 0.659.